The maximum atomic E-state index is 13.8. The van der Waals surface area contributed by atoms with E-state index in [0.717, 1.165) is 29.7 Å². The summed E-state index contributed by atoms with van der Waals surface area (Å²) in [6, 6.07) is 9.54. The Morgan fingerprint density at radius 3 is 2.69 bits per heavy atom. The van der Waals surface area contributed by atoms with Crippen molar-refractivity contribution in [3.8, 4) is 17.5 Å². The predicted octanol–water partition coefficient (Wildman–Crippen LogP) is 2.93. The molecular formula is C26H22N8O. The van der Waals surface area contributed by atoms with Gasteiger partial charge in [0.2, 0.25) is 0 Å². The highest BCUT2D eigenvalue weighted by Gasteiger charge is 2.21. The molecule has 5 aromatic rings. The van der Waals surface area contributed by atoms with Gasteiger partial charge >= 0.3 is 0 Å². The van der Waals surface area contributed by atoms with Crippen molar-refractivity contribution in [3.05, 3.63) is 75.9 Å². The molecule has 0 atom stereocenters. The second-order valence-corrected chi connectivity index (χ2v) is 8.79. The van der Waals surface area contributed by atoms with Crippen molar-refractivity contribution in [2.45, 2.75) is 33.2 Å². The summed E-state index contributed by atoms with van der Waals surface area (Å²) < 4.78 is 3.32. The molecule has 0 aliphatic heterocycles. The van der Waals surface area contributed by atoms with Gasteiger partial charge in [0.15, 0.2) is 11.3 Å². The third-order valence-electron chi connectivity index (χ3n) is 6.23. The van der Waals surface area contributed by atoms with Gasteiger partial charge in [-0.15, -0.1) is 0 Å². The number of aromatic nitrogens is 7. The Kier molecular flexibility index (Phi) is 4.81. The van der Waals surface area contributed by atoms with Gasteiger partial charge in [-0.3, -0.25) is 9.36 Å². The lowest BCUT2D eigenvalue weighted by Crippen LogP contribution is -2.27. The number of nitrogens with two attached hydrogens (primary N) is 1. The van der Waals surface area contributed by atoms with Gasteiger partial charge in [0.25, 0.3) is 5.56 Å². The number of fused-ring (bicyclic) bond motifs is 2. The highest BCUT2D eigenvalue weighted by atomic mass is 16.1. The molecule has 0 unspecified atom stereocenters. The summed E-state index contributed by atoms with van der Waals surface area (Å²) in [5, 5.41) is 5.82. The molecule has 2 N–H and O–H groups in total. The molecule has 1 aromatic carbocycles. The van der Waals surface area contributed by atoms with E-state index in [0.29, 0.717) is 45.3 Å². The second-order valence-electron chi connectivity index (χ2n) is 8.79. The zero-order valence-electron chi connectivity index (χ0n) is 19.4. The van der Waals surface area contributed by atoms with E-state index < -0.39 is 0 Å². The quantitative estimate of drug-likeness (QED) is 0.410. The molecule has 172 valence electrons. The van der Waals surface area contributed by atoms with Crippen LogP contribution in [0, 0.1) is 31.6 Å². The van der Waals surface area contributed by atoms with Gasteiger partial charge < -0.3 is 5.73 Å². The molecule has 1 aliphatic carbocycles. The van der Waals surface area contributed by atoms with Crippen molar-refractivity contribution in [2.75, 3.05) is 5.73 Å². The molecule has 0 saturated heterocycles. The minimum atomic E-state index is -0.177. The number of anilines is 1. The lowest BCUT2D eigenvalue weighted by Gasteiger charge is -2.16. The summed E-state index contributed by atoms with van der Waals surface area (Å²) in [4.78, 5) is 31.6. The number of aryl methyl sites for hydroxylation is 2. The van der Waals surface area contributed by atoms with Crippen molar-refractivity contribution in [3.63, 3.8) is 0 Å². The molecule has 1 aliphatic rings. The van der Waals surface area contributed by atoms with E-state index in [9.17, 15) is 4.79 Å². The number of nitrogens with zero attached hydrogens (tertiary/aromatic N) is 7. The van der Waals surface area contributed by atoms with Crippen molar-refractivity contribution in [1.29, 1.82) is 0 Å². The highest BCUT2D eigenvalue weighted by molar-refractivity contribution is 5.90. The number of rotatable bonds is 3. The van der Waals surface area contributed by atoms with Crippen LogP contribution < -0.4 is 11.3 Å². The maximum Gasteiger partial charge on any atom is 0.267 e. The lowest BCUT2D eigenvalue weighted by molar-refractivity contribution is 0.646. The molecule has 35 heavy (non-hydrogen) atoms. The Hall–Kier alpha value is -4.58. The first kappa shape index (κ1) is 21.0. The Balaban J connectivity index is 1.60. The second kappa shape index (κ2) is 8.02. The van der Waals surface area contributed by atoms with Gasteiger partial charge in [0, 0.05) is 12.1 Å². The van der Waals surface area contributed by atoms with Gasteiger partial charge in [-0.1, -0.05) is 24.1 Å². The zero-order valence-corrected chi connectivity index (χ0v) is 19.4. The minimum Gasteiger partial charge on any atom is -0.383 e. The molecule has 0 spiro atoms. The average Bonchev–Trinajstić information content (AvgIpc) is 3.60. The minimum absolute atomic E-state index is 0.174. The molecule has 4 aromatic heterocycles. The molecule has 0 radical (unpaired) electrons. The molecule has 1 saturated carbocycles. The van der Waals surface area contributed by atoms with Gasteiger partial charge in [0.05, 0.1) is 16.5 Å². The number of para-hydroxylation sites is 1. The van der Waals surface area contributed by atoms with E-state index >= 15 is 0 Å². The van der Waals surface area contributed by atoms with Crippen LogP contribution in [-0.4, -0.2) is 34.3 Å². The largest absolute Gasteiger partial charge is 0.383 e. The standard InChI is InChI=1S/C26H22N8O/c1-15-5-3-4-6-19(15)34-20(31-24-21(26(34)35)16(2)11-12-28-24)13-33-25-22(23(27)29-14-30-25)18(32-33)10-9-17-7-8-17/h3-6,11-12,14,17H,7-8,13H2,1-2H3,(H2,27,29,30). The molecule has 9 nitrogen and oxygen atoms in total. The molecule has 6 rings (SSSR count). The predicted molar refractivity (Wildman–Crippen MR) is 133 cm³/mol. The summed E-state index contributed by atoms with van der Waals surface area (Å²) in [7, 11) is 0. The molecule has 0 bridgehead atoms. The number of benzene rings is 1. The number of hydrogen-bond acceptors (Lipinski definition) is 7. The summed E-state index contributed by atoms with van der Waals surface area (Å²) in [6.45, 7) is 4.03. The average molecular weight is 463 g/mol. The molecule has 9 heteroatoms. The third kappa shape index (κ3) is 3.60. The van der Waals surface area contributed by atoms with Crippen LogP contribution in [0.4, 0.5) is 5.82 Å². The highest BCUT2D eigenvalue weighted by Crippen LogP contribution is 2.28. The van der Waals surface area contributed by atoms with E-state index in [2.05, 4.69) is 26.8 Å². The first-order valence-electron chi connectivity index (χ1n) is 11.4. The van der Waals surface area contributed by atoms with Crippen LogP contribution in [0.5, 0.6) is 0 Å². The molecule has 1 fully saturated rings. The van der Waals surface area contributed by atoms with Crippen LogP contribution in [0.15, 0.2) is 47.7 Å². The molecule has 0 amide bonds. The normalized spacial score (nSPS) is 13.2. The first-order chi connectivity index (χ1) is 17.0. The van der Waals surface area contributed by atoms with Crippen LogP contribution in [0.3, 0.4) is 0 Å². The van der Waals surface area contributed by atoms with Crippen molar-refractivity contribution < 1.29 is 0 Å². The fourth-order valence-electron chi connectivity index (χ4n) is 4.22. The number of hydrogen-bond donors (Lipinski definition) is 1. The summed E-state index contributed by atoms with van der Waals surface area (Å²) in [5.41, 5.74) is 10.0. The summed E-state index contributed by atoms with van der Waals surface area (Å²) >= 11 is 0. The Bertz CT molecular complexity index is 1750. The van der Waals surface area contributed by atoms with Gasteiger partial charge in [-0.25, -0.2) is 24.6 Å². The smallest absolute Gasteiger partial charge is 0.267 e. The van der Waals surface area contributed by atoms with Crippen LogP contribution in [0.1, 0.15) is 35.5 Å². The van der Waals surface area contributed by atoms with Crippen LogP contribution in [-0.2, 0) is 6.54 Å². The number of nitrogen functional groups attached to an aromatic ring is 1. The van der Waals surface area contributed by atoms with Crippen LogP contribution >= 0.6 is 0 Å². The van der Waals surface area contributed by atoms with E-state index in [1.807, 2.05) is 44.2 Å². The third-order valence-corrected chi connectivity index (χ3v) is 6.23. The van der Waals surface area contributed by atoms with Gasteiger partial charge in [0.1, 0.15) is 30.2 Å². The Morgan fingerprint density at radius 1 is 1.06 bits per heavy atom. The van der Waals surface area contributed by atoms with E-state index in [1.54, 1.807) is 15.4 Å². The fourth-order valence-corrected chi connectivity index (χ4v) is 4.22. The summed E-state index contributed by atoms with van der Waals surface area (Å²) in [6.07, 6.45) is 5.28. The maximum absolute atomic E-state index is 13.8. The van der Waals surface area contributed by atoms with E-state index in [4.69, 9.17) is 15.8 Å². The van der Waals surface area contributed by atoms with Crippen LogP contribution in [0.25, 0.3) is 27.8 Å². The van der Waals surface area contributed by atoms with Crippen molar-refractivity contribution in [1.82, 2.24) is 34.3 Å². The topological polar surface area (TPSA) is 117 Å². The lowest BCUT2D eigenvalue weighted by atomic mass is 10.1. The number of pyridine rings is 1. The zero-order chi connectivity index (χ0) is 24.1. The molecule has 4 heterocycles. The van der Waals surface area contributed by atoms with Crippen LogP contribution in [0.2, 0.25) is 0 Å². The Labute approximate surface area is 200 Å². The van der Waals surface area contributed by atoms with E-state index in [1.165, 1.54) is 6.33 Å². The van der Waals surface area contributed by atoms with Crippen molar-refractivity contribution >= 4 is 27.9 Å². The summed E-state index contributed by atoms with van der Waals surface area (Å²) in [5.74, 6) is 7.60. The van der Waals surface area contributed by atoms with Crippen molar-refractivity contribution in [2.24, 2.45) is 5.92 Å². The van der Waals surface area contributed by atoms with Gasteiger partial charge in [-0.05, 0) is 55.9 Å². The first-order valence-corrected chi connectivity index (χ1v) is 11.4. The van der Waals surface area contributed by atoms with E-state index in [-0.39, 0.29) is 12.1 Å². The fraction of sp³-hybridized carbons (Fsp3) is 0.231. The van der Waals surface area contributed by atoms with Gasteiger partial charge in [-0.2, -0.15) is 5.10 Å². The Morgan fingerprint density at radius 2 is 1.89 bits per heavy atom. The molecular weight excluding hydrogens is 440 g/mol. The SMILES string of the molecule is Cc1ccccc1-n1c(Cn2nc(C#CC3CC3)c3c(N)ncnc32)nc2nccc(C)c2c1=O. The monoisotopic (exact) mass is 462 g/mol.